The first-order chi connectivity index (χ1) is 20.0. The van der Waals surface area contributed by atoms with Gasteiger partial charge in [-0.3, -0.25) is 0 Å². The van der Waals surface area contributed by atoms with Gasteiger partial charge >= 0.3 is 0 Å². The van der Waals surface area contributed by atoms with Crippen LogP contribution in [0.1, 0.15) is 120 Å². The number of allylic oxidation sites excluding steroid dienone is 3. The highest BCUT2D eigenvalue weighted by molar-refractivity contribution is 5.38. The molecule has 5 aliphatic rings. The van der Waals surface area contributed by atoms with Gasteiger partial charge in [0, 0.05) is 0 Å². The Bertz CT molecular complexity index is 1080. The molecule has 246 valence electrons. The molecule has 12 atom stereocenters. The minimum Gasteiger partial charge on any atom is -0.394 e. The third kappa shape index (κ3) is 5.23. The average Bonchev–Trinajstić information content (AvgIpc) is 3.24. The molecule has 1 heterocycles. The molecule has 4 aliphatic carbocycles. The van der Waals surface area contributed by atoms with Crippen LogP contribution >= 0.6 is 0 Å². The summed E-state index contributed by atoms with van der Waals surface area (Å²) in [6, 6.07) is 0. The Kier molecular flexibility index (Phi) is 9.22. The number of aliphatic hydroxyl groups excluding tert-OH is 4. The zero-order chi connectivity index (χ0) is 31.7. The van der Waals surface area contributed by atoms with E-state index in [-0.39, 0.29) is 22.3 Å². The quantitative estimate of drug-likeness (QED) is 0.235. The van der Waals surface area contributed by atoms with Gasteiger partial charge in [0.05, 0.1) is 12.7 Å². The summed E-state index contributed by atoms with van der Waals surface area (Å²) in [5.41, 5.74) is 5.47. The van der Waals surface area contributed by atoms with E-state index in [1.807, 2.05) is 0 Å². The van der Waals surface area contributed by atoms with Crippen LogP contribution in [0.25, 0.3) is 0 Å². The van der Waals surface area contributed by atoms with Crippen molar-refractivity contribution in [3.05, 3.63) is 23.3 Å². The molecule has 0 radical (unpaired) electrons. The fraction of sp³-hybridized carbons (Fsp3) is 0.892. The Morgan fingerprint density at radius 1 is 0.907 bits per heavy atom. The number of fused-ring (bicyclic) bond motifs is 4. The molecule has 0 aromatic heterocycles. The number of hydrogen-bond donors (Lipinski definition) is 4. The Balaban J connectivity index is 1.35. The van der Waals surface area contributed by atoms with Gasteiger partial charge in [-0.2, -0.15) is 0 Å². The van der Waals surface area contributed by atoms with E-state index < -0.39 is 37.3 Å². The van der Waals surface area contributed by atoms with Gasteiger partial charge in [-0.25, -0.2) is 0 Å². The zero-order valence-corrected chi connectivity index (χ0v) is 28.4. The number of hydrogen-bond acceptors (Lipinski definition) is 6. The van der Waals surface area contributed by atoms with Crippen molar-refractivity contribution in [2.45, 2.75) is 156 Å². The van der Waals surface area contributed by atoms with Crippen LogP contribution in [0, 0.1) is 45.3 Å². The zero-order valence-electron chi connectivity index (χ0n) is 28.4. The van der Waals surface area contributed by atoms with Crippen molar-refractivity contribution >= 4 is 0 Å². The van der Waals surface area contributed by atoms with E-state index in [0.717, 1.165) is 38.0 Å². The molecule has 0 aromatic carbocycles. The van der Waals surface area contributed by atoms with Gasteiger partial charge in [0.15, 0.2) is 6.29 Å². The van der Waals surface area contributed by atoms with Crippen LogP contribution in [0.4, 0.5) is 0 Å². The molecule has 0 aromatic rings. The van der Waals surface area contributed by atoms with E-state index in [1.54, 1.807) is 11.1 Å². The van der Waals surface area contributed by atoms with E-state index in [2.05, 4.69) is 62.0 Å². The normalized spacial score (nSPS) is 46.7. The van der Waals surface area contributed by atoms with Crippen LogP contribution in [-0.2, 0) is 9.47 Å². The predicted octanol–water partition coefficient (Wildman–Crippen LogP) is 6.55. The van der Waals surface area contributed by atoms with Gasteiger partial charge in [0.2, 0.25) is 0 Å². The number of rotatable bonds is 8. The SMILES string of the molecule is C=C(CCC(C)C1CCC2(C)C3=C(CCC12C)C1(C)CCC(OC2OC(CO)C(O)C(O)C2O)C(C)(C)C1CC3)C(C)C. The molecule has 6 heteroatoms. The van der Waals surface area contributed by atoms with Crippen LogP contribution in [0.5, 0.6) is 0 Å². The highest BCUT2D eigenvalue weighted by Crippen LogP contribution is 2.72. The van der Waals surface area contributed by atoms with Gasteiger partial charge in [-0.15, -0.1) is 0 Å². The van der Waals surface area contributed by atoms with Gasteiger partial charge in [-0.05, 0) is 110 Å². The van der Waals surface area contributed by atoms with Crippen molar-refractivity contribution in [3.8, 4) is 0 Å². The third-order valence-electron chi connectivity index (χ3n) is 14.3. The molecule has 3 fully saturated rings. The number of aliphatic hydroxyl groups is 4. The monoisotopic (exact) mass is 602 g/mol. The summed E-state index contributed by atoms with van der Waals surface area (Å²) >= 11 is 0. The van der Waals surface area contributed by atoms with Crippen LogP contribution in [0.3, 0.4) is 0 Å². The summed E-state index contributed by atoms with van der Waals surface area (Å²) in [7, 11) is 0. The van der Waals surface area contributed by atoms with Crippen molar-refractivity contribution in [1.82, 2.24) is 0 Å². The summed E-state index contributed by atoms with van der Waals surface area (Å²) in [4.78, 5) is 0. The maximum absolute atomic E-state index is 10.7. The van der Waals surface area contributed by atoms with Crippen LogP contribution in [0.2, 0.25) is 0 Å². The summed E-state index contributed by atoms with van der Waals surface area (Å²) < 4.78 is 12.2. The molecular formula is C37H62O6. The smallest absolute Gasteiger partial charge is 0.186 e. The van der Waals surface area contributed by atoms with Crippen LogP contribution in [-0.4, -0.2) is 63.8 Å². The molecule has 0 spiro atoms. The summed E-state index contributed by atoms with van der Waals surface area (Å²) in [6.45, 7) is 23.4. The van der Waals surface area contributed by atoms with E-state index >= 15 is 0 Å². The Morgan fingerprint density at radius 3 is 2.26 bits per heavy atom. The first kappa shape index (κ1) is 33.6. The Labute approximate surface area is 261 Å². The topological polar surface area (TPSA) is 99.4 Å². The lowest BCUT2D eigenvalue weighted by Crippen LogP contribution is -2.61. The second-order valence-corrected chi connectivity index (χ2v) is 16.9. The molecule has 43 heavy (non-hydrogen) atoms. The molecule has 1 saturated heterocycles. The predicted molar refractivity (Wildman–Crippen MR) is 170 cm³/mol. The van der Waals surface area contributed by atoms with E-state index in [0.29, 0.717) is 23.2 Å². The average molecular weight is 603 g/mol. The van der Waals surface area contributed by atoms with E-state index in [4.69, 9.17) is 9.47 Å². The largest absolute Gasteiger partial charge is 0.394 e. The molecule has 12 unspecified atom stereocenters. The maximum atomic E-state index is 10.7. The molecule has 1 aliphatic heterocycles. The van der Waals surface area contributed by atoms with Crippen LogP contribution in [0.15, 0.2) is 23.3 Å². The fourth-order valence-corrected chi connectivity index (χ4v) is 11.1. The lowest BCUT2D eigenvalue weighted by atomic mass is 9.43. The maximum Gasteiger partial charge on any atom is 0.186 e. The van der Waals surface area contributed by atoms with Crippen molar-refractivity contribution in [1.29, 1.82) is 0 Å². The molecule has 2 saturated carbocycles. The third-order valence-corrected chi connectivity index (χ3v) is 14.3. The van der Waals surface area contributed by atoms with E-state index in [1.165, 1.54) is 37.7 Å². The lowest BCUT2D eigenvalue weighted by Gasteiger charge is -2.63. The van der Waals surface area contributed by atoms with Gasteiger partial charge in [0.1, 0.15) is 24.4 Å². The summed E-state index contributed by atoms with van der Waals surface area (Å²) in [5.74, 6) is 2.48. The molecule has 5 rings (SSSR count). The molecule has 0 bridgehead atoms. The molecule has 4 N–H and O–H groups in total. The molecule has 0 amide bonds. The highest BCUT2D eigenvalue weighted by Gasteiger charge is 2.63. The van der Waals surface area contributed by atoms with Crippen LogP contribution < -0.4 is 0 Å². The summed E-state index contributed by atoms with van der Waals surface area (Å²) in [6.07, 6.45) is 5.35. The minimum absolute atomic E-state index is 0.120. The lowest BCUT2D eigenvalue weighted by molar-refractivity contribution is -0.325. The van der Waals surface area contributed by atoms with Gasteiger partial charge in [-0.1, -0.05) is 78.7 Å². The first-order valence-electron chi connectivity index (χ1n) is 17.4. The van der Waals surface area contributed by atoms with E-state index in [9.17, 15) is 20.4 Å². The van der Waals surface area contributed by atoms with Crippen molar-refractivity contribution in [2.75, 3.05) is 6.61 Å². The van der Waals surface area contributed by atoms with Gasteiger partial charge < -0.3 is 29.9 Å². The Hall–Kier alpha value is -0.760. The van der Waals surface area contributed by atoms with Gasteiger partial charge in [0.25, 0.3) is 0 Å². The minimum atomic E-state index is -1.42. The number of ether oxygens (including phenoxy) is 2. The highest BCUT2D eigenvalue weighted by atomic mass is 16.7. The summed E-state index contributed by atoms with van der Waals surface area (Å²) in [5, 5.41) is 41.0. The standard InChI is InChI=1S/C37H62O6/c1-21(2)22(3)10-11-23(4)24-14-18-37(9)26-12-13-28-34(5,6)29(16-17-35(28,7)25(26)15-19-36(24,37)8)43-33-32(41)31(40)30(39)27(20-38)42-33/h21,23-24,27-33,38-41H,3,10-20H2,1-2,4-9H3. The molecular weight excluding hydrogens is 540 g/mol. The second kappa shape index (κ2) is 11.8. The molecule has 6 nitrogen and oxygen atoms in total. The Morgan fingerprint density at radius 2 is 1.60 bits per heavy atom. The van der Waals surface area contributed by atoms with Crippen molar-refractivity contribution in [2.24, 2.45) is 45.3 Å². The fourth-order valence-electron chi connectivity index (χ4n) is 11.1. The van der Waals surface area contributed by atoms with Crippen molar-refractivity contribution < 1.29 is 29.9 Å². The first-order valence-corrected chi connectivity index (χ1v) is 17.4. The van der Waals surface area contributed by atoms with Crippen molar-refractivity contribution in [3.63, 3.8) is 0 Å². The second-order valence-electron chi connectivity index (χ2n) is 16.9.